The fraction of sp³-hybridized carbons (Fsp3) is 0.625. The second kappa shape index (κ2) is 7.07. The van der Waals surface area contributed by atoms with Gasteiger partial charge in [-0.25, -0.2) is 4.98 Å². The fourth-order valence-electron chi connectivity index (χ4n) is 3.37. The minimum absolute atomic E-state index is 0.235. The molecule has 0 radical (unpaired) electrons. The van der Waals surface area contributed by atoms with Crippen LogP contribution in [0.25, 0.3) is 0 Å². The van der Waals surface area contributed by atoms with Crippen molar-refractivity contribution < 1.29 is 4.79 Å². The van der Waals surface area contributed by atoms with Gasteiger partial charge >= 0.3 is 0 Å². The Balaban J connectivity index is 1.49. The number of nitrogens with two attached hydrogens (primary N) is 1. The molecule has 6 nitrogen and oxygen atoms in total. The largest absolute Gasteiger partial charge is 0.354 e. The summed E-state index contributed by atoms with van der Waals surface area (Å²) < 4.78 is 0. The summed E-state index contributed by atoms with van der Waals surface area (Å²) >= 11 is 0. The van der Waals surface area contributed by atoms with Crippen molar-refractivity contribution in [2.75, 3.05) is 50.7 Å². The molecule has 2 aliphatic heterocycles. The van der Waals surface area contributed by atoms with Crippen molar-refractivity contribution in [2.45, 2.75) is 18.9 Å². The summed E-state index contributed by atoms with van der Waals surface area (Å²) in [4.78, 5) is 23.3. The van der Waals surface area contributed by atoms with Gasteiger partial charge < -0.3 is 15.5 Å². The summed E-state index contributed by atoms with van der Waals surface area (Å²) in [5.41, 5.74) is 5.76. The van der Waals surface area contributed by atoms with E-state index in [0.717, 1.165) is 51.4 Å². The van der Waals surface area contributed by atoms with Crippen molar-refractivity contribution in [3.63, 3.8) is 0 Å². The van der Waals surface area contributed by atoms with Crippen LogP contribution in [-0.2, 0) is 4.79 Å². The summed E-state index contributed by atoms with van der Waals surface area (Å²) in [6.45, 7) is 5.63. The maximum Gasteiger partial charge on any atom is 0.237 e. The van der Waals surface area contributed by atoms with Gasteiger partial charge in [-0.3, -0.25) is 9.69 Å². The van der Waals surface area contributed by atoms with E-state index in [1.807, 2.05) is 29.3 Å². The number of anilines is 1. The van der Waals surface area contributed by atoms with Crippen LogP contribution < -0.4 is 10.6 Å². The van der Waals surface area contributed by atoms with E-state index in [1.165, 1.54) is 0 Å². The Bertz CT molecular complexity index is 487. The monoisotopic (exact) mass is 303 g/mol. The van der Waals surface area contributed by atoms with Gasteiger partial charge in [0.1, 0.15) is 5.82 Å². The van der Waals surface area contributed by atoms with E-state index < -0.39 is 0 Å². The number of aromatic nitrogens is 1. The smallest absolute Gasteiger partial charge is 0.237 e. The number of carbonyl (C=O) groups excluding carboxylic acids is 1. The van der Waals surface area contributed by atoms with Gasteiger partial charge in [0, 0.05) is 51.5 Å². The normalized spacial score (nSPS) is 23.0. The number of hydrogen-bond donors (Lipinski definition) is 1. The molecule has 2 N–H and O–H groups in total. The molecule has 1 unspecified atom stereocenters. The number of amides is 1. The van der Waals surface area contributed by atoms with Gasteiger partial charge in [-0.2, -0.15) is 0 Å². The molecule has 0 saturated carbocycles. The highest BCUT2D eigenvalue weighted by atomic mass is 16.2. The number of piperazine rings is 1. The van der Waals surface area contributed by atoms with Crippen LogP contribution in [0.3, 0.4) is 0 Å². The Kier molecular flexibility index (Phi) is 4.90. The van der Waals surface area contributed by atoms with E-state index in [-0.39, 0.29) is 11.9 Å². The van der Waals surface area contributed by atoms with Crippen molar-refractivity contribution in [3.05, 3.63) is 24.4 Å². The van der Waals surface area contributed by atoms with Gasteiger partial charge in [0.2, 0.25) is 5.91 Å². The zero-order valence-electron chi connectivity index (χ0n) is 13.0. The summed E-state index contributed by atoms with van der Waals surface area (Å²) in [5.74, 6) is 1.26. The Labute approximate surface area is 131 Å². The molecule has 2 fully saturated rings. The summed E-state index contributed by atoms with van der Waals surface area (Å²) in [6.07, 6.45) is 3.96. The molecule has 1 amide bonds. The lowest BCUT2D eigenvalue weighted by molar-refractivity contribution is -0.133. The Hall–Kier alpha value is -1.66. The van der Waals surface area contributed by atoms with Crippen LogP contribution in [0, 0.1) is 0 Å². The number of carbonyl (C=O) groups is 1. The van der Waals surface area contributed by atoms with Gasteiger partial charge in [0.15, 0.2) is 0 Å². The first-order valence-corrected chi connectivity index (χ1v) is 8.16. The quantitative estimate of drug-likeness (QED) is 0.858. The highest BCUT2D eigenvalue weighted by Crippen LogP contribution is 2.17. The zero-order valence-corrected chi connectivity index (χ0v) is 13.0. The topological polar surface area (TPSA) is 65.7 Å². The van der Waals surface area contributed by atoms with E-state index in [4.69, 9.17) is 5.73 Å². The number of likely N-dealkylation sites (tertiary alicyclic amines) is 1. The number of hydrogen-bond acceptors (Lipinski definition) is 5. The van der Waals surface area contributed by atoms with E-state index in [0.29, 0.717) is 13.1 Å². The van der Waals surface area contributed by atoms with Crippen LogP contribution in [0.1, 0.15) is 12.8 Å². The molecule has 22 heavy (non-hydrogen) atoms. The van der Waals surface area contributed by atoms with Crippen molar-refractivity contribution in [1.29, 1.82) is 0 Å². The van der Waals surface area contributed by atoms with Gasteiger partial charge in [0.05, 0.1) is 6.54 Å². The predicted octanol–water partition coefficient (Wildman–Crippen LogP) is 0.153. The molecule has 3 rings (SSSR count). The molecule has 0 aliphatic carbocycles. The molecular weight excluding hydrogens is 278 g/mol. The predicted molar refractivity (Wildman–Crippen MR) is 86.7 cm³/mol. The number of nitrogens with zero attached hydrogens (tertiary/aromatic N) is 4. The second-order valence-electron chi connectivity index (χ2n) is 6.07. The highest BCUT2D eigenvalue weighted by molar-refractivity contribution is 5.79. The van der Waals surface area contributed by atoms with Crippen LogP contribution in [0.5, 0.6) is 0 Å². The van der Waals surface area contributed by atoms with Crippen molar-refractivity contribution >= 4 is 11.7 Å². The summed E-state index contributed by atoms with van der Waals surface area (Å²) in [7, 11) is 0. The third-order valence-electron chi connectivity index (χ3n) is 4.67. The molecule has 2 saturated heterocycles. The zero-order chi connectivity index (χ0) is 15.4. The Morgan fingerprint density at radius 3 is 2.73 bits per heavy atom. The average Bonchev–Trinajstić information content (AvgIpc) is 3.05. The van der Waals surface area contributed by atoms with E-state index in [9.17, 15) is 4.79 Å². The SMILES string of the molecule is NCC1CCCN1C(=O)CN1CCN(c2ccccn2)CC1. The lowest BCUT2D eigenvalue weighted by atomic mass is 10.2. The van der Waals surface area contributed by atoms with Crippen LogP contribution in [0.2, 0.25) is 0 Å². The molecule has 2 aliphatic rings. The molecule has 0 bridgehead atoms. The average molecular weight is 303 g/mol. The molecule has 120 valence electrons. The maximum absolute atomic E-state index is 12.4. The second-order valence-corrected chi connectivity index (χ2v) is 6.07. The van der Waals surface area contributed by atoms with Crippen LogP contribution in [-0.4, -0.2) is 72.5 Å². The Morgan fingerprint density at radius 1 is 1.23 bits per heavy atom. The van der Waals surface area contributed by atoms with Crippen LogP contribution in [0.4, 0.5) is 5.82 Å². The number of pyridine rings is 1. The number of rotatable bonds is 4. The van der Waals surface area contributed by atoms with Crippen molar-refractivity contribution in [1.82, 2.24) is 14.8 Å². The third-order valence-corrected chi connectivity index (χ3v) is 4.67. The Morgan fingerprint density at radius 2 is 2.05 bits per heavy atom. The van der Waals surface area contributed by atoms with Gasteiger partial charge in [-0.15, -0.1) is 0 Å². The molecule has 0 spiro atoms. The molecule has 1 atom stereocenters. The molecular formula is C16H25N5O. The standard InChI is InChI=1S/C16H25N5O/c17-12-14-4-3-7-21(14)16(22)13-19-8-10-20(11-9-19)15-5-1-2-6-18-15/h1-2,5-6,14H,3-4,7-13,17H2. The fourth-order valence-corrected chi connectivity index (χ4v) is 3.37. The van der Waals surface area contributed by atoms with Crippen molar-refractivity contribution in [3.8, 4) is 0 Å². The van der Waals surface area contributed by atoms with E-state index in [1.54, 1.807) is 0 Å². The van der Waals surface area contributed by atoms with Crippen LogP contribution in [0.15, 0.2) is 24.4 Å². The summed E-state index contributed by atoms with van der Waals surface area (Å²) in [6, 6.07) is 6.24. The summed E-state index contributed by atoms with van der Waals surface area (Å²) in [5, 5.41) is 0. The maximum atomic E-state index is 12.4. The molecule has 6 heteroatoms. The first kappa shape index (κ1) is 15.2. The third kappa shape index (κ3) is 3.39. The minimum atomic E-state index is 0.235. The van der Waals surface area contributed by atoms with Gasteiger partial charge in [-0.1, -0.05) is 6.07 Å². The van der Waals surface area contributed by atoms with Crippen LogP contribution >= 0.6 is 0 Å². The minimum Gasteiger partial charge on any atom is -0.354 e. The molecule has 1 aromatic heterocycles. The lowest BCUT2D eigenvalue weighted by Crippen LogP contribution is -2.51. The van der Waals surface area contributed by atoms with Crippen molar-refractivity contribution in [2.24, 2.45) is 5.73 Å². The first-order valence-electron chi connectivity index (χ1n) is 8.16. The lowest BCUT2D eigenvalue weighted by Gasteiger charge is -2.36. The van der Waals surface area contributed by atoms with E-state index >= 15 is 0 Å². The molecule has 3 heterocycles. The molecule has 1 aromatic rings. The van der Waals surface area contributed by atoms with Gasteiger partial charge in [0.25, 0.3) is 0 Å². The van der Waals surface area contributed by atoms with Gasteiger partial charge in [-0.05, 0) is 25.0 Å². The molecule has 0 aromatic carbocycles. The van der Waals surface area contributed by atoms with E-state index in [2.05, 4.69) is 14.8 Å². The highest BCUT2D eigenvalue weighted by Gasteiger charge is 2.29. The first-order chi connectivity index (χ1) is 10.8.